The number of hydrogen-bond acceptors (Lipinski definition) is 0. The van der Waals surface area contributed by atoms with Gasteiger partial charge in [0.1, 0.15) is 0 Å². The van der Waals surface area contributed by atoms with Gasteiger partial charge in [0.25, 0.3) is 0 Å². The van der Waals surface area contributed by atoms with Crippen LogP contribution in [0, 0.1) is 14.3 Å². The van der Waals surface area contributed by atoms with Crippen LogP contribution in [0.15, 0.2) is 109 Å². The molecule has 0 radical (unpaired) electrons. The van der Waals surface area contributed by atoms with Crippen LogP contribution in [-0.4, -0.2) is 14.5 Å². The molecule has 240 valence electrons. The zero-order valence-corrected chi connectivity index (χ0v) is 29.6. The molecular formula is C32H36B2F8I2. The molecule has 0 unspecified atom stereocenters. The lowest BCUT2D eigenvalue weighted by Gasteiger charge is -2.18. The van der Waals surface area contributed by atoms with Crippen molar-refractivity contribution in [2.75, 3.05) is 0 Å². The van der Waals surface area contributed by atoms with E-state index in [2.05, 4.69) is 151 Å². The van der Waals surface area contributed by atoms with Gasteiger partial charge in [0.2, 0.25) is 0 Å². The number of hydrogen-bond donors (Lipinski definition) is 0. The first-order valence-corrected chi connectivity index (χ1v) is 17.8. The first-order chi connectivity index (χ1) is 20.1. The summed E-state index contributed by atoms with van der Waals surface area (Å²) in [6.07, 6.45) is 0. The Kier molecular flexibility index (Phi) is 16.5. The van der Waals surface area contributed by atoms with Gasteiger partial charge < -0.3 is 34.5 Å². The molecule has 0 saturated carbocycles. The summed E-state index contributed by atoms with van der Waals surface area (Å²) in [4.78, 5) is 0. The van der Waals surface area contributed by atoms with Crippen LogP contribution < -0.4 is 42.4 Å². The van der Waals surface area contributed by atoms with Crippen molar-refractivity contribution in [3.8, 4) is 0 Å². The van der Waals surface area contributed by atoms with Crippen molar-refractivity contribution in [2.24, 2.45) is 0 Å². The Morgan fingerprint density at radius 3 is 0.773 bits per heavy atom. The molecule has 0 nitrogen and oxygen atoms in total. The Bertz CT molecular complexity index is 1220. The predicted octanol–water partition coefficient (Wildman–Crippen LogP) is 4.83. The Morgan fingerprint density at radius 1 is 0.364 bits per heavy atom. The maximum absolute atomic E-state index is 9.75. The fourth-order valence-electron chi connectivity index (χ4n) is 3.23. The summed E-state index contributed by atoms with van der Waals surface area (Å²) >= 11 is -0.0416. The number of halogens is 10. The Balaban J connectivity index is 0.000000355. The van der Waals surface area contributed by atoms with E-state index in [0.29, 0.717) is 0 Å². The largest absolute Gasteiger partial charge is 0.673 e. The molecule has 12 heteroatoms. The maximum atomic E-state index is 9.75. The van der Waals surface area contributed by atoms with E-state index >= 15 is 0 Å². The van der Waals surface area contributed by atoms with E-state index in [0.717, 1.165) is 0 Å². The third-order valence-electron chi connectivity index (χ3n) is 5.32. The molecule has 44 heavy (non-hydrogen) atoms. The van der Waals surface area contributed by atoms with Crippen molar-refractivity contribution >= 4 is 14.5 Å². The first kappa shape index (κ1) is 39.9. The van der Waals surface area contributed by atoms with E-state index in [1.165, 1.54) is 25.4 Å². The van der Waals surface area contributed by atoms with Gasteiger partial charge in [-0.2, -0.15) is 0 Å². The lowest BCUT2D eigenvalue weighted by molar-refractivity contribution is -0.597. The molecule has 4 aromatic rings. The topological polar surface area (TPSA) is 0 Å². The lowest BCUT2D eigenvalue weighted by atomic mass is 9.87. The van der Waals surface area contributed by atoms with Gasteiger partial charge in [-0.3, -0.25) is 0 Å². The van der Waals surface area contributed by atoms with Gasteiger partial charge in [-0.05, 0) is 70.5 Å². The molecule has 0 aromatic heterocycles. The number of benzene rings is 4. The van der Waals surface area contributed by atoms with Crippen LogP contribution in [0.4, 0.5) is 34.5 Å². The van der Waals surface area contributed by atoms with Crippen molar-refractivity contribution in [1.29, 1.82) is 0 Å². The molecular weight excluding hydrogens is 812 g/mol. The van der Waals surface area contributed by atoms with E-state index in [1.54, 1.807) is 0 Å². The predicted molar refractivity (Wildman–Crippen MR) is 158 cm³/mol. The fourth-order valence-corrected chi connectivity index (χ4v) is 7.66. The molecule has 0 aliphatic carbocycles. The minimum Gasteiger partial charge on any atom is -0.418 e. The van der Waals surface area contributed by atoms with Gasteiger partial charge in [0, 0.05) is 0 Å². The van der Waals surface area contributed by atoms with Crippen molar-refractivity contribution in [3.63, 3.8) is 0 Å². The summed E-state index contributed by atoms with van der Waals surface area (Å²) in [5.74, 6) is 0. The minimum atomic E-state index is -6.00. The maximum Gasteiger partial charge on any atom is 0.673 e. The quantitative estimate of drug-likeness (QED) is 0.157. The molecule has 0 spiro atoms. The molecule has 0 fully saturated rings. The smallest absolute Gasteiger partial charge is 0.418 e. The lowest BCUT2D eigenvalue weighted by Crippen LogP contribution is -3.61. The first-order valence-electron chi connectivity index (χ1n) is 13.5. The van der Waals surface area contributed by atoms with Gasteiger partial charge in [-0.1, -0.05) is 102 Å². The highest BCUT2D eigenvalue weighted by Crippen LogP contribution is 2.22. The zero-order chi connectivity index (χ0) is 33.6. The van der Waals surface area contributed by atoms with E-state index < -0.39 is 14.5 Å². The fraction of sp³-hybridized carbons (Fsp3) is 0.250. The van der Waals surface area contributed by atoms with Gasteiger partial charge in [0.15, 0.2) is 14.3 Å². The molecule has 0 atom stereocenters. The highest BCUT2D eigenvalue weighted by molar-refractivity contribution is 6.50. The summed E-state index contributed by atoms with van der Waals surface area (Å²) in [6, 6.07) is 39.8. The van der Waals surface area contributed by atoms with Crippen LogP contribution in [0.2, 0.25) is 0 Å². The van der Waals surface area contributed by atoms with Crippen LogP contribution in [0.3, 0.4) is 0 Å². The van der Waals surface area contributed by atoms with Crippen LogP contribution in [0.5, 0.6) is 0 Å². The summed E-state index contributed by atoms with van der Waals surface area (Å²) in [5.41, 5.74) is 3.31. The summed E-state index contributed by atoms with van der Waals surface area (Å²) in [7, 11) is -12.0. The summed E-state index contributed by atoms with van der Waals surface area (Å²) in [6.45, 7) is 13.6. The van der Waals surface area contributed by atoms with E-state index in [4.69, 9.17) is 0 Å². The minimum absolute atomic E-state index is 0.0287. The Labute approximate surface area is 276 Å². The molecule has 0 aliphatic heterocycles. The van der Waals surface area contributed by atoms with Crippen molar-refractivity contribution in [2.45, 2.75) is 52.4 Å². The molecule has 0 bridgehead atoms. The highest BCUT2D eigenvalue weighted by Gasteiger charge is 2.22. The second kappa shape index (κ2) is 18.2. The standard InChI is InChI=1S/C20H26I.C12H10I.2BF4/c1-19(2,3)15-7-11-17(12-8-15)21-18-13-9-16(10-14-18)20(4,5)6;1-3-7-11(8-4-1)13-12-9-5-2-6-10-12;2*2-1(3,4)5/h7-14H,1-6H3;1-10H;;/q2*+1;2*-1. The second-order valence-electron chi connectivity index (χ2n) is 11.3. The van der Waals surface area contributed by atoms with Crippen molar-refractivity contribution < 1.29 is 76.9 Å². The molecule has 0 saturated heterocycles. The average molecular weight is 848 g/mol. The van der Waals surface area contributed by atoms with Gasteiger partial charge in [0.05, 0.1) is 0 Å². The Hall–Kier alpha value is -2.09. The highest BCUT2D eigenvalue weighted by atomic mass is 127. The van der Waals surface area contributed by atoms with Crippen LogP contribution >= 0.6 is 0 Å². The molecule has 0 N–H and O–H groups in total. The molecule has 0 amide bonds. The summed E-state index contributed by atoms with van der Waals surface area (Å²) in [5, 5.41) is 0. The van der Waals surface area contributed by atoms with E-state index in [-0.39, 0.29) is 53.2 Å². The van der Waals surface area contributed by atoms with Gasteiger partial charge in [-0.25, -0.2) is 0 Å². The van der Waals surface area contributed by atoms with E-state index in [9.17, 15) is 34.5 Å². The second-order valence-corrected chi connectivity index (χ2v) is 17.3. The third kappa shape index (κ3) is 20.8. The van der Waals surface area contributed by atoms with Gasteiger partial charge >= 0.3 is 56.9 Å². The monoisotopic (exact) mass is 848 g/mol. The van der Waals surface area contributed by atoms with Crippen LogP contribution in [-0.2, 0) is 10.8 Å². The normalized spacial score (nSPS) is 11.6. The SMILES string of the molecule is CC(C)(C)c1ccc([I+]c2ccc(C(C)(C)C)cc2)cc1.F[B-](F)(F)F.F[B-](F)(F)F.c1ccc([I+]c2ccccc2)cc1. The summed E-state index contributed by atoms with van der Waals surface area (Å²) < 4.78 is 83.9. The number of rotatable bonds is 4. The van der Waals surface area contributed by atoms with E-state index in [1.807, 2.05) is 0 Å². The Morgan fingerprint density at radius 2 is 0.568 bits per heavy atom. The third-order valence-corrected chi connectivity index (χ3v) is 10.7. The van der Waals surface area contributed by atoms with Crippen molar-refractivity contribution in [3.05, 3.63) is 135 Å². The van der Waals surface area contributed by atoms with Crippen LogP contribution in [0.25, 0.3) is 0 Å². The molecule has 4 rings (SSSR count). The zero-order valence-electron chi connectivity index (χ0n) is 25.3. The molecule has 4 aromatic carbocycles. The van der Waals surface area contributed by atoms with Crippen molar-refractivity contribution in [1.82, 2.24) is 0 Å². The molecule has 0 aliphatic rings. The molecule has 0 heterocycles. The average Bonchev–Trinajstić information content (AvgIpc) is 2.88. The van der Waals surface area contributed by atoms with Crippen LogP contribution in [0.1, 0.15) is 52.7 Å². The van der Waals surface area contributed by atoms with Gasteiger partial charge in [-0.15, -0.1) is 0 Å².